The van der Waals surface area contributed by atoms with Crippen molar-refractivity contribution in [1.29, 1.82) is 0 Å². The van der Waals surface area contributed by atoms with Gasteiger partial charge in [0.2, 0.25) is 12.7 Å². The molecular weight excluding hydrogens is 433 g/mol. The van der Waals surface area contributed by atoms with Crippen LogP contribution in [0.15, 0.2) is 18.2 Å². The van der Waals surface area contributed by atoms with Crippen LogP contribution in [-0.2, 0) is 30.2 Å². The molecule has 1 saturated carbocycles. The van der Waals surface area contributed by atoms with Gasteiger partial charge in [0, 0.05) is 12.8 Å². The highest BCUT2D eigenvalue weighted by Gasteiger charge is 2.38. The lowest BCUT2D eigenvalue weighted by molar-refractivity contribution is -0.124. The van der Waals surface area contributed by atoms with Gasteiger partial charge < -0.3 is 34.0 Å². The predicted octanol–water partition coefficient (Wildman–Crippen LogP) is 2.10. The van der Waals surface area contributed by atoms with Gasteiger partial charge in [-0.15, -0.1) is 0 Å². The lowest BCUT2D eigenvalue weighted by atomic mass is 9.72. The van der Waals surface area contributed by atoms with Crippen molar-refractivity contribution in [3.63, 3.8) is 0 Å². The summed E-state index contributed by atoms with van der Waals surface area (Å²) >= 11 is 0. The highest BCUT2D eigenvalue weighted by atomic mass is 16.8. The Labute approximate surface area is 192 Å². The number of esters is 1. The Balaban J connectivity index is 1.52. The maximum absolute atomic E-state index is 12.5. The molecule has 11 heteroatoms. The van der Waals surface area contributed by atoms with Crippen LogP contribution in [-0.4, -0.2) is 54.8 Å². The zero-order valence-electron chi connectivity index (χ0n) is 18.5. The first-order chi connectivity index (χ1) is 15.8. The summed E-state index contributed by atoms with van der Waals surface area (Å²) in [6.45, 7) is 0.777. The van der Waals surface area contributed by atoms with Crippen molar-refractivity contribution in [1.82, 2.24) is 5.32 Å². The lowest BCUT2D eigenvalue weighted by Gasteiger charge is -2.29. The largest absolute Gasteiger partial charge is 0.547 e. The first-order valence-electron chi connectivity index (χ1n) is 11.1. The molecule has 1 heterocycles. The van der Waals surface area contributed by atoms with Gasteiger partial charge in [0.1, 0.15) is 23.2 Å². The molecule has 0 unspecified atom stereocenters. The van der Waals surface area contributed by atoms with E-state index in [1.54, 1.807) is 12.1 Å². The summed E-state index contributed by atoms with van der Waals surface area (Å²) in [4.78, 5) is 47.3. The molecule has 1 aromatic rings. The Hall–Kier alpha value is -3.08. The minimum atomic E-state index is -1.39. The number of hydrogen-bond acceptors (Lipinski definition) is 9. The molecule has 1 aromatic carbocycles. The number of fused-ring (bicyclic) bond motifs is 1. The highest BCUT2D eigenvalue weighted by molar-refractivity contribution is 6.47. The smallest absolute Gasteiger partial charge is 0.534 e. The summed E-state index contributed by atoms with van der Waals surface area (Å²) in [5.74, 6) is -1.89. The fraction of sp³-hybridized carbons (Fsp3) is 0.545. The fourth-order valence-electron chi connectivity index (χ4n) is 3.84. The molecule has 178 valence electrons. The molecule has 33 heavy (non-hydrogen) atoms. The topological polar surface area (TPSA) is 137 Å². The van der Waals surface area contributed by atoms with Crippen molar-refractivity contribution in [2.75, 3.05) is 6.79 Å². The molecule has 1 aliphatic heterocycles. The van der Waals surface area contributed by atoms with Crippen molar-refractivity contribution in [2.45, 2.75) is 70.3 Å². The number of carbonyl (C=O) groups is 4. The van der Waals surface area contributed by atoms with E-state index < -0.39 is 32.0 Å². The van der Waals surface area contributed by atoms with E-state index in [2.05, 4.69) is 5.32 Å². The molecular formula is C22H28BNO9. The van der Waals surface area contributed by atoms with Gasteiger partial charge in [-0.05, 0) is 50.7 Å². The molecule has 1 amide bonds. The Morgan fingerprint density at radius 1 is 1.12 bits per heavy atom. The molecule has 0 radical (unpaired) electrons. The summed E-state index contributed by atoms with van der Waals surface area (Å²) in [6.07, 6.45) is 3.99. The zero-order chi connectivity index (χ0) is 23.8. The van der Waals surface area contributed by atoms with Gasteiger partial charge in [-0.25, -0.2) is 9.59 Å². The Morgan fingerprint density at radius 2 is 1.88 bits per heavy atom. The molecule has 0 spiro atoms. The van der Waals surface area contributed by atoms with Gasteiger partial charge in [-0.1, -0.05) is 18.6 Å². The molecule has 1 atom stereocenters. The second kappa shape index (κ2) is 11.7. The number of rotatable bonds is 8. The minimum Gasteiger partial charge on any atom is -0.534 e. The molecule has 1 fully saturated rings. The third-order valence-corrected chi connectivity index (χ3v) is 5.57. The molecule has 1 aliphatic carbocycles. The van der Waals surface area contributed by atoms with E-state index in [1.165, 1.54) is 13.0 Å². The second-order valence-corrected chi connectivity index (χ2v) is 8.20. The minimum absolute atomic E-state index is 0.0148. The average Bonchev–Trinajstić information content (AvgIpc) is 2.78. The van der Waals surface area contributed by atoms with Crippen molar-refractivity contribution in [3.05, 3.63) is 29.3 Å². The molecule has 2 N–H and O–H groups in total. The van der Waals surface area contributed by atoms with Crippen LogP contribution >= 0.6 is 0 Å². The van der Waals surface area contributed by atoms with Gasteiger partial charge in [0.25, 0.3) is 0 Å². The number of ether oxygens (including phenoxy) is 3. The number of benzene rings is 1. The van der Waals surface area contributed by atoms with E-state index in [1.807, 2.05) is 0 Å². The van der Waals surface area contributed by atoms with E-state index >= 15 is 0 Å². The number of nitrogens with one attached hydrogen (secondary N) is 1. The summed E-state index contributed by atoms with van der Waals surface area (Å²) < 4.78 is 20.5. The molecule has 0 aromatic heterocycles. The second-order valence-electron chi connectivity index (χ2n) is 8.20. The number of hydrogen-bond donors (Lipinski definition) is 2. The number of ketones is 1. The van der Waals surface area contributed by atoms with Crippen LogP contribution in [0.2, 0.25) is 0 Å². The Morgan fingerprint density at radius 3 is 2.61 bits per heavy atom. The summed E-state index contributed by atoms with van der Waals surface area (Å²) in [7, 11) is -1.39. The Bertz CT molecular complexity index is 885. The third kappa shape index (κ3) is 7.21. The monoisotopic (exact) mass is 461 g/mol. The number of amides is 1. The zero-order valence-corrected chi connectivity index (χ0v) is 18.5. The van der Waals surface area contributed by atoms with Crippen LogP contribution in [0.25, 0.3) is 0 Å². The van der Waals surface area contributed by atoms with Crippen LogP contribution in [0, 0.1) is 0 Å². The van der Waals surface area contributed by atoms with Gasteiger partial charge in [-0.3, -0.25) is 4.79 Å². The van der Waals surface area contributed by atoms with Crippen LogP contribution in [0.4, 0.5) is 4.79 Å². The average molecular weight is 461 g/mol. The fourth-order valence-corrected chi connectivity index (χ4v) is 3.84. The quantitative estimate of drug-likeness (QED) is 0.339. The van der Waals surface area contributed by atoms with Crippen molar-refractivity contribution < 1.29 is 43.1 Å². The first kappa shape index (κ1) is 24.6. The van der Waals surface area contributed by atoms with Crippen molar-refractivity contribution >= 4 is 30.9 Å². The normalized spacial score (nSPS) is 17.9. The van der Waals surface area contributed by atoms with Gasteiger partial charge in [0.05, 0.1) is 5.94 Å². The summed E-state index contributed by atoms with van der Waals surface area (Å²) in [5.41, 5.74) is 0.640. The third-order valence-electron chi connectivity index (χ3n) is 5.57. The van der Waals surface area contributed by atoms with E-state index in [9.17, 15) is 24.2 Å². The van der Waals surface area contributed by atoms with Gasteiger partial charge >= 0.3 is 19.2 Å². The Kier molecular flexibility index (Phi) is 8.70. The van der Waals surface area contributed by atoms with E-state index in [-0.39, 0.29) is 48.4 Å². The lowest BCUT2D eigenvalue weighted by Crippen LogP contribution is -2.53. The molecule has 2 aliphatic rings. The molecule has 3 rings (SSSR count). The van der Waals surface area contributed by atoms with Crippen LogP contribution in [0.3, 0.4) is 0 Å². The summed E-state index contributed by atoms with van der Waals surface area (Å²) in [5, 5.41) is 13.0. The van der Waals surface area contributed by atoms with Crippen LogP contribution < -0.4 is 9.97 Å². The van der Waals surface area contributed by atoms with Crippen molar-refractivity contribution in [3.8, 4) is 5.75 Å². The predicted molar refractivity (Wildman–Crippen MR) is 115 cm³/mol. The SMILES string of the molecule is CC(=O)CCC(=O)N[C@H]1Cc2cccc(C(=O)OCOC(=O)OC3CCCCC3)c2OB1O. The number of para-hydroxylation sites is 1. The van der Waals surface area contributed by atoms with E-state index in [0.29, 0.717) is 5.56 Å². The van der Waals surface area contributed by atoms with Gasteiger partial charge in [0.15, 0.2) is 0 Å². The van der Waals surface area contributed by atoms with E-state index in [0.717, 1.165) is 32.1 Å². The maximum Gasteiger partial charge on any atom is 0.547 e. The van der Waals surface area contributed by atoms with Crippen molar-refractivity contribution in [2.24, 2.45) is 0 Å². The number of Topliss-reactive ketones (excluding diaryl/α,β-unsaturated/α-hetero) is 1. The highest BCUT2D eigenvalue weighted by Crippen LogP contribution is 2.30. The van der Waals surface area contributed by atoms with E-state index in [4.69, 9.17) is 18.9 Å². The standard InChI is InChI=1S/C22H28BNO9/c1-14(25)10-11-19(26)24-18-12-15-6-5-9-17(20(15)33-23(18)29)21(27)30-13-31-22(28)32-16-7-3-2-4-8-16/h5-6,9,16,18,29H,2-4,7-8,10-13H2,1H3,(H,24,26)/t18-/m0/s1. The van der Waals surface area contributed by atoms with Crippen LogP contribution in [0.5, 0.6) is 5.75 Å². The maximum atomic E-state index is 12.5. The summed E-state index contributed by atoms with van der Waals surface area (Å²) in [6, 6.07) is 4.77. The molecule has 0 saturated heterocycles. The van der Waals surface area contributed by atoms with Gasteiger partial charge in [-0.2, -0.15) is 0 Å². The first-order valence-corrected chi connectivity index (χ1v) is 11.1. The number of carbonyl (C=O) groups excluding carboxylic acids is 4. The molecule has 10 nitrogen and oxygen atoms in total. The molecule has 0 bridgehead atoms. The van der Waals surface area contributed by atoms with Crippen LogP contribution in [0.1, 0.15) is 67.8 Å².